The fraction of sp³-hybridized carbons (Fsp3) is 1.00. The minimum atomic E-state index is -3.31. The van der Waals surface area contributed by atoms with Crippen LogP contribution in [0.2, 0.25) is 0 Å². The Morgan fingerprint density at radius 3 is 2.16 bits per heavy atom. The van der Waals surface area contributed by atoms with Crippen molar-refractivity contribution in [3.8, 4) is 0 Å². The standard InChI is InChI=1S/C12H28N4O2S/c1-11(2)16(12(3)4)10-7-14-19(17,18)15-8-5-13-6-9-15/h11-14H,5-10H2,1-4H3. The first-order chi connectivity index (χ1) is 8.84. The van der Waals surface area contributed by atoms with Gasteiger partial charge in [-0.1, -0.05) is 0 Å². The van der Waals surface area contributed by atoms with Crippen LogP contribution >= 0.6 is 0 Å². The van der Waals surface area contributed by atoms with Crippen molar-refractivity contribution in [1.29, 1.82) is 0 Å². The average molecular weight is 292 g/mol. The maximum atomic E-state index is 12.1. The Morgan fingerprint density at radius 1 is 1.16 bits per heavy atom. The number of nitrogens with one attached hydrogen (secondary N) is 2. The molecule has 0 bridgehead atoms. The van der Waals surface area contributed by atoms with Crippen LogP contribution in [0.25, 0.3) is 0 Å². The van der Waals surface area contributed by atoms with Crippen LogP contribution in [0, 0.1) is 0 Å². The van der Waals surface area contributed by atoms with E-state index in [2.05, 4.69) is 42.6 Å². The average Bonchev–Trinajstić information content (AvgIpc) is 2.34. The molecule has 6 nitrogen and oxygen atoms in total. The van der Waals surface area contributed by atoms with Crippen LogP contribution in [0.1, 0.15) is 27.7 Å². The normalized spacial score (nSPS) is 18.7. The van der Waals surface area contributed by atoms with Crippen LogP contribution in [0.3, 0.4) is 0 Å². The van der Waals surface area contributed by atoms with Gasteiger partial charge in [0.1, 0.15) is 0 Å². The highest BCUT2D eigenvalue weighted by atomic mass is 32.2. The first-order valence-electron chi connectivity index (χ1n) is 7.06. The molecule has 1 saturated heterocycles. The van der Waals surface area contributed by atoms with Gasteiger partial charge in [-0.3, -0.25) is 4.90 Å². The second-order valence-electron chi connectivity index (χ2n) is 5.47. The topological polar surface area (TPSA) is 64.7 Å². The van der Waals surface area contributed by atoms with Gasteiger partial charge in [-0.25, -0.2) is 4.72 Å². The Bertz CT molecular complexity index is 343. The summed E-state index contributed by atoms with van der Waals surface area (Å²) in [6.45, 7) is 12.3. The molecule has 0 amide bonds. The summed E-state index contributed by atoms with van der Waals surface area (Å²) in [5.74, 6) is 0. The van der Waals surface area contributed by atoms with Crippen molar-refractivity contribution < 1.29 is 8.42 Å². The first kappa shape index (κ1) is 16.8. The Hall–Kier alpha value is -0.210. The number of hydrogen-bond acceptors (Lipinski definition) is 4. The lowest BCUT2D eigenvalue weighted by molar-refractivity contribution is 0.178. The molecule has 0 aromatic carbocycles. The van der Waals surface area contributed by atoms with E-state index >= 15 is 0 Å². The Kier molecular flexibility index (Phi) is 6.68. The van der Waals surface area contributed by atoms with E-state index in [1.54, 1.807) is 0 Å². The second kappa shape index (κ2) is 7.54. The zero-order chi connectivity index (χ0) is 14.5. The number of piperazine rings is 1. The summed E-state index contributed by atoms with van der Waals surface area (Å²) in [5, 5.41) is 3.15. The van der Waals surface area contributed by atoms with Gasteiger partial charge in [0.05, 0.1) is 0 Å². The molecule has 0 aromatic heterocycles. The van der Waals surface area contributed by atoms with E-state index in [1.807, 2.05) is 0 Å². The molecular weight excluding hydrogens is 264 g/mol. The number of nitrogens with zero attached hydrogens (tertiary/aromatic N) is 2. The van der Waals surface area contributed by atoms with Crippen LogP contribution in [-0.2, 0) is 10.2 Å². The van der Waals surface area contributed by atoms with Crippen molar-refractivity contribution >= 4 is 10.2 Å². The van der Waals surface area contributed by atoms with Crippen molar-refractivity contribution in [3.05, 3.63) is 0 Å². The highest BCUT2D eigenvalue weighted by molar-refractivity contribution is 7.87. The summed E-state index contributed by atoms with van der Waals surface area (Å²) in [5.41, 5.74) is 0. The quantitative estimate of drug-likeness (QED) is 0.685. The first-order valence-corrected chi connectivity index (χ1v) is 8.50. The third-order valence-electron chi connectivity index (χ3n) is 3.40. The minimum absolute atomic E-state index is 0.420. The summed E-state index contributed by atoms with van der Waals surface area (Å²) < 4.78 is 28.4. The summed E-state index contributed by atoms with van der Waals surface area (Å²) in [4.78, 5) is 2.28. The van der Waals surface area contributed by atoms with Crippen LogP contribution < -0.4 is 10.0 Å². The lowest BCUT2D eigenvalue weighted by Gasteiger charge is -2.31. The smallest absolute Gasteiger partial charge is 0.279 e. The molecule has 2 N–H and O–H groups in total. The second-order valence-corrected chi connectivity index (χ2v) is 7.23. The molecule has 114 valence electrons. The molecule has 0 radical (unpaired) electrons. The monoisotopic (exact) mass is 292 g/mol. The fourth-order valence-corrected chi connectivity index (χ4v) is 3.59. The van der Waals surface area contributed by atoms with E-state index in [1.165, 1.54) is 4.31 Å². The lowest BCUT2D eigenvalue weighted by atomic mass is 10.2. The molecule has 1 aliphatic rings. The molecule has 0 unspecified atom stereocenters. The molecule has 1 aliphatic heterocycles. The third-order valence-corrected chi connectivity index (χ3v) is 5.01. The number of rotatable bonds is 7. The Labute approximate surface area is 117 Å². The Balaban J connectivity index is 2.42. The molecule has 0 spiro atoms. The van der Waals surface area contributed by atoms with Gasteiger partial charge in [0.2, 0.25) is 0 Å². The zero-order valence-electron chi connectivity index (χ0n) is 12.5. The van der Waals surface area contributed by atoms with Crippen molar-refractivity contribution in [2.75, 3.05) is 39.3 Å². The van der Waals surface area contributed by atoms with Crippen molar-refractivity contribution in [2.45, 2.75) is 39.8 Å². The predicted molar refractivity (Wildman–Crippen MR) is 78.3 cm³/mol. The van der Waals surface area contributed by atoms with Crippen molar-refractivity contribution in [3.63, 3.8) is 0 Å². The molecule has 1 rings (SSSR count). The van der Waals surface area contributed by atoms with Crippen molar-refractivity contribution in [1.82, 2.24) is 19.2 Å². The largest absolute Gasteiger partial charge is 0.314 e. The molecule has 0 atom stereocenters. The van der Waals surface area contributed by atoms with Gasteiger partial charge < -0.3 is 5.32 Å². The van der Waals surface area contributed by atoms with Gasteiger partial charge in [0.15, 0.2) is 0 Å². The van der Waals surface area contributed by atoms with E-state index in [4.69, 9.17) is 0 Å². The van der Waals surface area contributed by atoms with Gasteiger partial charge in [-0.05, 0) is 27.7 Å². The van der Waals surface area contributed by atoms with Crippen LogP contribution in [0.4, 0.5) is 0 Å². The maximum absolute atomic E-state index is 12.1. The molecule has 1 fully saturated rings. The minimum Gasteiger partial charge on any atom is -0.314 e. The van der Waals surface area contributed by atoms with E-state index in [0.29, 0.717) is 31.7 Å². The lowest BCUT2D eigenvalue weighted by Crippen LogP contribution is -2.52. The Morgan fingerprint density at radius 2 is 1.68 bits per heavy atom. The maximum Gasteiger partial charge on any atom is 0.279 e. The van der Waals surface area contributed by atoms with Crippen molar-refractivity contribution in [2.24, 2.45) is 0 Å². The fourth-order valence-electron chi connectivity index (χ4n) is 2.39. The van der Waals surface area contributed by atoms with E-state index in [-0.39, 0.29) is 0 Å². The van der Waals surface area contributed by atoms with Crippen LogP contribution in [0.15, 0.2) is 0 Å². The molecule has 0 aliphatic carbocycles. The van der Waals surface area contributed by atoms with Gasteiger partial charge in [-0.15, -0.1) is 0 Å². The molecule has 7 heteroatoms. The van der Waals surface area contributed by atoms with E-state index in [0.717, 1.165) is 19.6 Å². The molecular formula is C12H28N4O2S. The SMILES string of the molecule is CC(C)N(CCNS(=O)(=O)N1CCNCC1)C(C)C. The van der Waals surface area contributed by atoms with Gasteiger partial charge in [-0.2, -0.15) is 12.7 Å². The molecule has 0 aromatic rings. The molecule has 0 saturated carbocycles. The van der Waals surface area contributed by atoms with Gasteiger partial charge >= 0.3 is 0 Å². The summed E-state index contributed by atoms with van der Waals surface area (Å²) in [6.07, 6.45) is 0. The van der Waals surface area contributed by atoms with Gasteiger partial charge in [0.25, 0.3) is 10.2 Å². The zero-order valence-corrected chi connectivity index (χ0v) is 13.3. The highest BCUT2D eigenvalue weighted by Crippen LogP contribution is 2.04. The van der Waals surface area contributed by atoms with Crippen LogP contribution in [0.5, 0.6) is 0 Å². The summed E-state index contributed by atoms with van der Waals surface area (Å²) >= 11 is 0. The predicted octanol–water partition coefficient (Wildman–Crippen LogP) is -0.155. The molecule has 19 heavy (non-hydrogen) atoms. The number of hydrogen-bond donors (Lipinski definition) is 2. The summed E-state index contributed by atoms with van der Waals surface area (Å²) in [7, 11) is -3.31. The van der Waals surface area contributed by atoms with E-state index in [9.17, 15) is 8.42 Å². The van der Waals surface area contributed by atoms with Crippen LogP contribution in [-0.4, -0.2) is 69.0 Å². The van der Waals surface area contributed by atoms with E-state index < -0.39 is 10.2 Å². The summed E-state index contributed by atoms with van der Waals surface area (Å²) in [6, 6.07) is 0.840. The molecule has 1 heterocycles. The highest BCUT2D eigenvalue weighted by Gasteiger charge is 2.23. The van der Waals surface area contributed by atoms with Gasteiger partial charge in [0, 0.05) is 51.4 Å². The third kappa shape index (κ3) is 5.35.